The van der Waals surface area contributed by atoms with Crippen molar-refractivity contribution in [3.05, 3.63) is 23.8 Å². The lowest BCUT2D eigenvalue weighted by molar-refractivity contribution is 0.0784. The van der Waals surface area contributed by atoms with Crippen LogP contribution in [0.25, 0.3) is 0 Å². The molecule has 0 saturated heterocycles. The number of rotatable bonds is 2. The summed E-state index contributed by atoms with van der Waals surface area (Å²) >= 11 is 0. The Balaban J connectivity index is 3.43. The monoisotopic (exact) mass is 229 g/mol. The lowest BCUT2D eigenvalue weighted by atomic mass is 9.98. The maximum absolute atomic E-state index is 11.4. The van der Waals surface area contributed by atoms with E-state index in [2.05, 4.69) is 0 Å². The topological polar surface area (TPSA) is 80.4 Å². The van der Waals surface area contributed by atoms with Gasteiger partial charge in [-0.05, 0) is 31.5 Å². The van der Waals surface area contributed by atoms with Gasteiger partial charge in [0.25, 0.3) is 0 Å². The SMILES string of the molecule is CC(C)(O)c1ccc(N)c(S(C)(=O)=O)c1. The Kier molecular flexibility index (Phi) is 2.80. The number of benzene rings is 1. The molecule has 0 heterocycles. The predicted molar refractivity (Wildman–Crippen MR) is 59.2 cm³/mol. The van der Waals surface area contributed by atoms with Crippen LogP contribution >= 0.6 is 0 Å². The third-order valence-electron chi connectivity index (χ3n) is 2.12. The first-order chi connectivity index (χ1) is 6.62. The van der Waals surface area contributed by atoms with E-state index in [9.17, 15) is 13.5 Å². The molecule has 0 fully saturated rings. The van der Waals surface area contributed by atoms with Gasteiger partial charge in [0.1, 0.15) is 0 Å². The highest BCUT2D eigenvalue weighted by molar-refractivity contribution is 7.90. The second-order valence-electron chi connectivity index (χ2n) is 4.08. The molecule has 0 unspecified atom stereocenters. The Labute approximate surface area is 89.7 Å². The number of hydrogen-bond acceptors (Lipinski definition) is 4. The first-order valence-corrected chi connectivity index (χ1v) is 6.34. The van der Waals surface area contributed by atoms with E-state index < -0.39 is 15.4 Å². The average Bonchev–Trinajstić information content (AvgIpc) is 2.00. The summed E-state index contributed by atoms with van der Waals surface area (Å²) in [6.07, 6.45) is 1.09. The molecule has 5 heteroatoms. The van der Waals surface area contributed by atoms with Crippen molar-refractivity contribution in [2.24, 2.45) is 0 Å². The van der Waals surface area contributed by atoms with Crippen molar-refractivity contribution in [1.82, 2.24) is 0 Å². The second-order valence-corrected chi connectivity index (χ2v) is 6.07. The Morgan fingerprint density at radius 2 is 1.87 bits per heavy atom. The smallest absolute Gasteiger partial charge is 0.177 e. The van der Waals surface area contributed by atoms with Crippen LogP contribution in [-0.2, 0) is 15.4 Å². The molecule has 3 N–H and O–H groups in total. The standard InChI is InChI=1S/C10H15NO3S/c1-10(2,12)7-4-5-8(11)9(6-7)15(3,13)14/h4-6,12H,11H2,1-3H3. The summed E-state index contributed by atoms with van der Waals surface area (Å²) in [7, 11) is -3.35. The summed E-state index contributed by atoms with van der Waals surface area (Å²) < 4.78 is 22.7. The largest absolute Gasteiger partial charge is 0.398 e. The van der Waals surface area contributed by atoms with Gasteiger partial charge < -0.3 is 10.8 Å². The minimum Gasteiger partial charge on any atom is -0.398 e. The van der Waals surface area contributed by atoms with E-state index in [0.29, 0.717) is 5.56 Å². The van der Waals surface area contributed by atoms with Gasteiger partial charge in [-0.15, -0.1) is 0 Å². The molecule has 0 bridgehead atoms. The highest BCUT2D eigenvalue weighted by Crippen LogP contribution is 2.26. The lowest BCUT2D eigenvalue weighted by Gasteiger charge is -2.18. The fourth-order valence-corrected chi connectivity index (χ4v) is 2.07. The third-order valence-corrected chi connectivity index (χ3v) is 3.27. The first-order valence-electron chi connectivity index (χ1n) is 4.45. The van der Waals surface area contributed by atoms with E-state index in [1.54, 1.807) is 19.9 Å². The van der Waals surface area contributed by atoms with Crippen LogP contribution in [-0.4, -0.2) is 19.8 Å². The van der Waals surface area contributed by atoms with Gasteiger partial charge in [0, 0.05) is 6.26 Å². The van der Waals surface area contributed by atoms with Gasteiger partial charge in [0.15, 0.2) is 9.84 Å². The van der Waals surface area contributed by atoms with Crippen LogP contribution in [0.2, 0.25) is 0 Å². The summed E-state index contributed by atoms with van der Waals surface area (Å²) in [6.45, 7) is 3.18. The molecule has 0 aromatic heterocycles. The van der Waals surface area contributed by atoms with Gasteiger partial charge in [-0.25, -0.2) is 8.42 Å². The normalized spacial score (nSPS) is 12.8. The highest BCUT2D eigenvalue weighted by atomic mass is 32.2. The van der Waals surface area contributed by atoms with E-state index in [4.69, 9.17) is 5.73 Å². The fourth-order valence-electron chi connectivity index (χ4n) is 1.24. The summed E-state index contributed by atoms with van der Waals surface area (Å²) in [4.78, 5) is 0.0575. The molecule has 0 radical (unpaired) electrons. The molecule has 1 aromatic rings. The summed E-state index contributed by atoms with van der Waals surface area (Å²) in [6, 6.07) is 4.51. The molecule has 0 spiro atoms. The number of hydrogen-bond donors (Lipinski definition) is 2. The fraction of sp³-hybridized carbons (Fsp3) is 0.400. The molecular weight excluding hydrogens is 214 g/mol. The zero-order chi connectivity index (χ0) is 11.9. The number of nitrogens with two attached hydrogens (primary N) is 1. The van der Waals surface area contributed by atoms with Crippen molar-refractivity contribution in [1.29, 1.82) is 0 Å². The van der Waals surface area contributed by atoms with Crippen LogP contribution in [0.4, 0.5) is 5.69 Å². The molecule has 84 valence electrons. The maximum Gasteiger partial charge on any atom is 0.177 e. The third kappa shape index (κ3) is 2.70. The summed E-state index contributed by atoms with van der Waals surface area (Å²) in [5, 5.41) is 9.73. The second kappa shape index (κ2) is 3.50. The van der Waals surface area contributed by atoms with Gasteiger partial charge >= 0.3 is 0 Å². The van der Waals surface area contributed by atoms with Crippen LogP contribution in [0.3, 0.4) is 0 Å². The van der Waals surface area contributed by atoms with Crippen molar-refractivity contribution >= 4 is 15.5 Å². The number of sulfone groups is 1. The van der Waals surface area contributed by atoms with E-state index in [0.717, 1.165) is 6.26 Å². The average molecular weight is 229 g/mol. The van der Waals surface area contributed by atoms with Gasteiger partial charge in [-0.1, -0.05) is 6.07 Å². The van der Waals surface area contributed by atoms with Gasteiger partial charge in [0.2, 0.25) is 0 Å². The zero-order valence-electron chi connectivity index (χ0n) is 8.98. The number of anilines is 1. The van der Waals surface area contributed by atoms with Gasteiger partial charge in [-0.2, -0.15) is 0 Å². The quantitative estimate of drug-likeness (QED) is 0.738. The van der Waals surface area contributed by atoms with Crippen LogP contribution in [0, 0.1) is 0 Å². The maximum atomic E-state index is 11.4. The molecule has 0 aliphatic heterocycles. The molecule has 0 amide bonds. The molecule has 1 rings (SSSR count). The van der Waals surface area contributed by atoms with Crippen LogP contribution in [0.1, 0.15) is 19.4 Å². The van der Waals surface area contributed by atoms with Crippen LogP contribution in [0.15, 0.2) is 23.1 Å². The first kappa shape index (κ1) is 12.0. The predicted octanol–water partition coefficient (Wildman–Crippen LogP) is 0.900. The zero-order valence-corrected chi connectivity index (χ0v) is 9.80. The van der Waals surface area contributed by atoms with Crippen molar-refractivity contribution in [2.75, 3.05) is 12.0 Å². The molecule has 0 atom stereocenters. The minimum absolute atomic E-state index is 0.0575. The van der Waals surface area contributed by atoms with Crippen molar-refractivity contribution in [2.45, 2.75) is 24.3 Å². The molecule has 4 nitrogen and oxygen atoms in total. The summed E-state index contributed by atoms with van der Waals surface area (Å²) in [5.41, 5.74) is 5.21. The Bertz CT molecular complexity index is 472. The number of nitrogen functional groups attached to an aromatic ring is 1. The molecule has 0 aliphatic rings. The van der Waals surface area contributed by atoms with Gasteiger partial charge in [0.05, 0.1) is 16.2 Å². The Morgan fingerprint density at radius 1 is 1.33 bits per heavy atom. The van der Waals surface area contributed by atoms with E-state index in [1.807, 2.05) is 0 Å². The van der Waals surface area contributed by atoms with E-state index in [1.165, 1.54) is 12.1 Å². The van der Waals surface area contributed by atoms with Crippen molar-refractivity contribution in [3.63, 3.8) is 0 Å². The summed E-state index contributed by atoms with van der Waals surface area (Å²) in [5.74, 6) is 0. The minimum atomic E-state index is -3.35. The van der Waals surface area contributed by atoms with Crippen LogP contribution < -0.4 is 5.73 Å². The number of aliphatic hydroxyl groups is 1. The molecule has 1 aromatic carbocycles. The molecule has 0 saturated carbocycles. The van der Waals surface area contributed by atoms with E-state index in [-0.39, 0.29) is 10.6 Å². The Hall–Kier alpha value is -1.07. The lowest BCUT2D eigenvalue weighted by Crippen LogP contribution is -2.16. The highest BCUT2D eigenvalue weighted by Gasteiger charge is 2.20. The van der Waals surface area contributed by atoms with Crippen molar-refractivity contribution in [3.8, 4) is 0 Å². The van der Waals surface area contributed by atoms with Crippen molar-refractivity contribution < 1.29 is 13.5 Å². The molecular formula is C10H15NO3S. The Morgan fingerprint density at radius 3 is 2.27 bits per heavy atom. The van der Waals surface area contributed by atoms with E-state index >= 15 is 0 Å². The molecule has 0 aliphatic carbocycles. The van der Waals surface area contributed by atoms with Gasteiger partial charge in [-0.3, -0.25) is 0 Å². The van der Waals surface area contributed by atoms with Crippen LogP contribution in [0.5, 0.6) is 0 Å². The molecule has 15 heavy (non-hydrogen) atoms.